The van der Waals surface area contributed by atoms with Crippen LogP contribution in [0.3, 0.4) is 0 Å². The monoisotopic (exact) mass is 254 g/mol. The van der Waals surface area contributed by atoms with E-state index in [1.807, 2.05) is 0 Å². The Balaban J connectivity index is 1.76. The number of aliphatic carboxylic acids is 1. The molecular formula is C13H22N2O3. The molecule has 2 aliphatic rings. The molecule has 0 heterocycles. The third kappa shape index (κ3) is 2.94. The van der Waals surface area contributed by atoms with Crippen molar-refractivity contribution in [1.29, 1.82) is 0 Å². The van der Waals surface area contributed by atoms with Crippen LogP contribution in [0.25, 0.3) is 0 Å². The second kappa shape index (κ2) is 4.78. The van der Waals surface area contributed by atoms with Crippen LogP contribution in [0.2, 0.25) is 0 Å². The van der Waals surface area contributed by atoms with Gasteiger partial charge in [-0.15, -0.1) is 0 Å². The van der Waals surface area contributed by atoms with Gasteiger partial charge in [-0.3, -0.25) is 0 Å². The van der Waals surface area contributed by atoms with Crippen molar-refractivity contribution < 1.29 is 14.7 Å². The first-order valence-electron chi connectivity index (χ1n) is 6.72. The van der Waals surface area contributed by atoms with Gasteiger partial charge in [0.2, 0.25) is 0 Å². The summed E-state index contributed by atoms with van der Waals surface area (Å²) < 4.78 is 0. The van der Waals surface area contributed by atoms with Crippen LogP contribution >= 0.6 is 0 Å². The largest absolute Gasteiger partial charge is 0.480 e. The average Bonchev–Trinajstić information content (AvgIpc) is 3.14. The summed E-state index contributed by atoms with van der Waals surface area (Å²) in [4.78, 5) is 22.7. The molecule has 2 saturated carbocycles. The summed E-state index contributed by atoms with van der Waals surface area (Å²) in [6.45, 7) is 4.97. The Labute approximate surface area is 107 Å². The molecule has 0 aromatic rings. The van der Waals surface area contributed by atoms with Gasteiger partial charge < -0.3 is 15.7 Å². The molecule has 3 N–H and O–H groups in total. The maximum Gasteiger partial charge on any atom is 0.326 e. The summed E-state index contributed by atoms with van der Waals surface area (Å²) in [6.07, 6.45) is 4.09. The van der Waals surface area contributed by atoms with Crippen LogP contribution in [0, 0.1) is 17.3 Å². The quantitative estimate of drug-likeness (QED) is 0.673. The van der Waals surface area contributed by atoms with Crippen molar-refractivity contribution in [3.05, 3.63) is 0 Å². The highest BCUT2D eigenvalue weighted by molar-refractivity contribution is 5.83. The van der Waals surface area contributed by atoms with Crippen LogP contribution in [-0.4, -0.2) is 29.7 Å². The lowest BCUT2D eigenvalue weighted by Crippen LogP contribution is -2.48. The molecule has 0 spiro atoms. The minimum Gasteiger partial charge on any atom is -0.480 e. The van der Waals surface area contributed by atoms with E-state index in [1.54, 1.807) is 0 Å². The number of urea groups is 1. The van der Waals surface area contributed by atoms with Gasteiger partial charge in [0, 0.05) is 6.54 Å². The molecule has 0 aromatic carbocycles. The van der Waals surface area contributed by atoms with E-state index in [0.29, 0.717) is 12.5 Å². The zero-order valence-electron chi connectivity index (χ0n) is 11.0. The number of carbonyl (C=O) groups excluding carboxylic acids is 1. The highest BCUT2D eigenvalue weighted by Gasteiger charge is 2.45. The lowest BCUT2D eigenvalue weighted by Gasteiger charge is -2.21. The van der Waals surface area contributed by atoms with Crippen molar-refractivity contribution in [3.63, 3.8) is 0 Å². The molecule has 2 aliphatic carbocycles. The summed E-state index contributed by atoms with van der Waals surface area (Å²) in [6, 6.07) is -1.07. The van der Waals surface area contributed by atoms with E-state index in [4.69, 9.17) is 5.11 Å². The van der Waals surface area contributed by atoms with Crippen LogP contribution in [0.4, 0.5) is 4.79 Å². The number of carbonyl (C=O) groups is 2. The van der Waals surface area contributed by atoms with Gasteiger partial charge in [-0.1, -0.05) is 13.8 Å². The lowest BCUT2D eigenvalue weighted by atomic mass is 9.92. The second-order valence-corrected chi connectivity index (χ2v) is 6.00. The van der Waals surface area contributed by atoms with Gasteiger partial charge in [-0.05, 0) is 42.9 Å². The summed E-state index contributed by atoms with van der Waals surface area (Å²) in [5, 5.41) is 14.4. The molecule has 1 atom stereocenters. The first kappa shape index (κ1) is 13.2. The van der Waals surface area contributed by atoms with Crippen molar-refractivity contribution in [2.24, 2.45) is 17.3 Å². The van der Waals surface area contributed by atoms with Crippen molar-refractivity contribution in [2.75, 3.05) is 6.54 Å². The molecule has 18 heavy (non-hydrogen) atoms. The number of hydrogen-bond acceptors (Lipinski definition) is 2. The fraction of sp³-hybridized carbons (Fsp3) is 0.846. The summed E-state index contributed by atoms with van der Waals surface area (Å²) in [5.74, 6) is -0.262. The molecule has 2 amide bonds. The molecule has 5 heteroatoms. The van der Waals surface area contributed by atoms with E-state index >= 15 is 0 Å². The fourth-order valence-electron chi connectivity index (χ4n) is 2.38. The van der Waals surface area contributed by atoms with Crippen molar-refractivity contribution in [2.45, 2.75) is 45.6 Å². The Morgan fingerprint density at radius 1 is 1.33 bits per heavy atom. The van der Waals surface area contributed by atoms with Crippen molar-refractivity contribution >= 4 is 12.0 Å². The van der Waals surface area contributed by atoms with Gasteiger partial charge in [0.05, 0.1) is 0 Å². The van der Waals surface area contributed by atoms with Crippen molar-refractivity contribution in [1.82, 2.24) is 10.6 Å². The predicted octanol–water partition coefficient (Wildman–Crippen LogP) is 1.58. The highest BCUT2D eigenvalue weighted by Crippen LogP contribution is 2.51. The van der Waals surface area contributed by atoms with Crippen LogP contribution < -0.4 is 10.6 Å². The SMILES string of the molecule is CC(C)C1(CNC(=O)NC(C(=O)O)C2CC2)CC1. The third-order valence-electron chi connectivity index (χ3n) is 4.36. The average molecular weight is 254 g/mol. The van der Waals surface area contributed by atoms with Gasteiger partial charge in [0.1, 0.15) is 6.04 Å². The summed E-state index contributed by atoms with van der Waals surface area (Å²) in [5.41, 5.74) is 0.246. The normalized spacial score (nSPS) is 22.4. The summed E-state index contributed by atoms with van der Waals surface area (Å²) >= 11 is 0. The third-order valence-corrected chi connectivity index (χ3v) is 4.36. The Bertz CT molecular complexity index is 346. The molecule has 1 unspecified atom stereocenters. The fourth-order valence-corrected chi connectivity index (χ4v) is 2.38. The van der Waals surface area contributed by atoms with E-state index in [-0.39, 0.29) is 17.4 Å². The topological polar surface area (TPSA) is 78.4 Å². The Kier molecular flexibility index (Phi) is 3.50. The Morgan fingerprint density at radius 2 is 1.94 bits per heavy atom. The van der Waals surface area contributed by atoms with Crippen LogP contribution in [0.15, 0.2) is 0 Å². The molecule has 0 radical (unpaired) electrons. The molecule has 0 saturated heterocycles. The zero-order chi connectivity index (χ0) is 13.3. The van der Waals surface area contributed by atoms with Gasteiger partial charge in [0.15, 0.2) is 0 Å². The highest BCUT2D eigenvalue weighted by atomic mass is 16.4. The van der Waals surface area contributed by atoms with E-state index in [9.17, 15) is 9.59 Å². The maximum atomic E-state index is 11.7. The van der Waals surface area contributed by atoms with Crippen LogP contribution in [0.5, 0.6) is 0 Å². The van der Waals surface area contributed by atoms with E-state index < -0.39 is 12.0 Å². The van der Waals surface area contributed by atoms with Crippen LogP contribution in [0.1, 0.15) is 39.5 Å². The van der Waals surface area contributed by atoms with Gasteiger partial charge in [-0.2, -0.15) is 0 Å². The number of rotatable bonds is 6. The number of carboxylic acids is 1. The number of amides is 2. The van der Waals surface area contributed by atoms with Crippen LogP contribution in [-0.2, 0) is 4.79 Å². The van der Waals surface area contributed by atoms with Gasteiger partial charge in [-0.25, -0.2) is 9.59 Å². The smallest absolute Gasteiger partial charge is 0.326 e. The molecule has 0 aliphatic heterocycles. The second-order valence-electron chi connectivity index (χ2n) is 6.00. The molecule has 5 nitrogen and oxygen atoms in total. The molecular weight excluding hydrogens is 232 g/mol. The molecule has 0 bridgehead atoms. The lowest BCUT2D eigenvalue weighted by molar-refractivity contribution is -0.139. The minimum atomic E-state index is -0.933. The van der Waals surface area contributed by atoms with Gasteiger partial charge >= 0.3 is 12.0 Å². The van der Waals surface area contributed by atoms with E-state index in [0.717, 1.165) is 25.7 Å². The molecule has 0 aromatic heterocycles. The zero-order valence-corrected chi connectivity index (χ0v) is 11.0. The molecule has 102 valence electrons. The Hall–Kier alpha value is -1.26. The minimum absolute atomic E-state index is 0.119. The van der Waals surface area contributed by atoms with E-state index in [1.165, 1.54) is 0 Å². The first-order valence-corrected chi connectivity index (χ1v) is 6.72. The van der Waals surface area contributed by atoms with E-state index in [2.05, 4.69) is 24.5 Å². The maximum absolute atomic E-state index is 11.7. The molecule has 2 rings (SSSR count). The first-order chi connectivity index (χ1) is 8.44. The summed E-state index contributed by atoms with van der Waals surface area (Å²) in [7, 11) is 0. The van der Waals surface area contributed by atoms with Gasteiger partial charge in [0.25, 0.3) is 0 Å². The number of hydrogen-bond donors (Lipinski definition) is 3. The van der Waals surface area contributed by atoms with Crippen molar-refractivity contribution in [3.8, 4) is 0 Å². The molecule has 2 fully saturated rings. The number of carboxylic acid groups (broad SMARTS) is 1. The number of nitrogens with one attached hydrogen (secondary N) is 2. The Morgan fingerprint density at radius 3 is 2.33 bits per heavy atom. The standard InChI is InChI=1S/C13H22N2O3/c1-8(2)13(5-6-13)7-14-12(18)15-10(11(16)17)9-3-4-9/h8-10H,3-7H2,1-2H3,(H,16,17)(H2,14,15,18). The predicted molar refractivity (Wildman–Crippen MR) is 67.2 cm³/mol.